The summed E-state index contributed by atoms with van der Waals surface area (Å²) in [6.07, 6.45) is 0. The lowest BCUT2D eigenvalue weighted by Crippen LogP contribution is -2.05. The average Bonchev–Trinajstić information content (AvgIpc) is 1.21. The second kappa shape index (κ2) is 2.85. The SMILES string of the molecule is O=S(=O)(F)CC(Cl)Cl. The monoisotopic (exact) mass is 180 g/mol. The van der Waals surface area contributed by atoms with Gasteiger partial charge in [-0.3, -0.25) is 0 Å². The lowest BCUT2D eigenvalue weighted by molar-refractivity contribution is 0.553. The zero-order chi connectivity index (χ0) is 6.78. The Morgan fingerprint density at radius 3 is 1.88 bits per heavy atom. The van der Waals surface area contributed by atoms with Gasteiger partial charge in [-0.2, -0.15) is 8.42 Å². The maximum absolute atomic E-state index is 11.4. The summed E-state index contributed by atoms with van der Waals surface area (Å²) >= 11 is 9.82. The van der Waals surface area contributed by atoms with Crippen LogP contribution in [0.1, 0.15) is 0 Å². The fourth-order valence-corrected chi connectivity index (χ4v) is 1.35. The number of hydrogen-bond acceptors (Lipinski definition) is 2. The lowest BCUT2D eigenvalue weighted by Gasteiger charge is -1.91. The minimum Gasteiger partial charge on any atom is -0.195 e. The van der Waals surface area contributed by atoms with Crippen molar-refractivity contribution in [2.75, 3.05) is 5.75 Å². The van der Waals surface area contributed by atoms with Crippen molar-refractivity contribution in [1.29, 1.82) is 0 Å². The first-order chi connectivity index (χ1) is 3.42. The quantitative estimate of drug-likeness (QED) is 0.472. The fourth-order valence-electron chi connectivity index (χ4n) is 0.150. The molecule has 0 saturated heterocycles. The molecule has 0 N–H and O–H groups in total. The van der Waals surface area contributed by atoms with E-state index in [1.54, 1.807) is 0 Å². The van der Waals surface area contributed by atoms with Gasteiger partial charge in [0, 0.05) is 0 Å². The highest BCUT2D eigenvalue weighted by atomic mass is 35.5. The van der Waals surface area contributed by atoms with Gasteiger partial charge in [0.15, 0.2) is 0 Å². The first-order valence-corrected chi connectivity index (χ1v) is 4.05. The van der Waals surface area contributed by atoms with E-state index in [9.17, 15) is 12.3 Å². The summed E-state index contributed by atoms with van der Waals surface area (Å²) in [6.45, 7) is 0. The van der Waals surface area contributed by atoms with Crippen molar-refractivity contribution in [2.24, 2.45) is 0 Å². The van der Waals surface area contributed by atoms with E-state index in [2.05, 4.69) is 0 Å². The number of rotatable bonds is 2. The summed E-state index contributed by atoms with van der Waals surface area (Å²) in [7, 11) is -4.49. The summed E-state index contributed by atoms with van der Waals surface area (Å²) in [5, 5.41) is 0. The van der Waals surface area contributed by atoms with Gasteiger partial charge in [0.25, 0.3) is 0 Å². The zero-order valence-electron chi connectivity index (χ0n) is 3.64. The molecule has 2 nitrogen and oxygen atoms in total. The summed E-state index contributed by atoms with van der Waals surface area (Å²) < 4.78 is 30.7. The smallest absolute Gasteiger partial charge is 0.195 e. The van der Waals surface area contributed by atoms with E-state index in [0.29, 0.717) is 0 Å². The van der Waals surface area contributed by atoms with Crippen molar-refractivity contribution in [2.45, 2.75) is 4.84 Å². The van der Waals surface area contributed by atoms with Crippen LogP contribution in [0, 0.1) is 0 Å². The predicted molar refractivity (Wildman–Crippen MR) is 30.4 cm³/mol. The molecular weight excluding hydrogens is 178 g/mol. The molecule has 6 heteroatoms. The molecule has 0 atom stereocenters. The Labute approximate surface area is 56.8 Å². The van der Waals surface area contributed by atoms with Gasteiger partial charge in [0.1, 0.15) is 10.6 Å². The van der Waals surface area contributed by atoms with Gasteiger partial charge in [-0.15, -0.1) is 27.1 Å². The molecule has 0 aromatic rings. The Kier molecular flexibility index (Phi) is 3.01. The third-order valence-electron chi connectivity index (χ3n) is 0.325. The van der Waals surface area contributed by atoms with Crippen LogP contribution in [-0.4, -0.2) is 19.0 Å². The third kappa shape index (κ3) is 6.46. The van der Waals surface area contributed by atoms with E-state index in [1.165, 1.54) is 0 Å². The van der Waals surface area contributed by atoms with Crippen LogP contribution in [0.3, 0.4) is 0 Å². The standard InChI is InChI=1S/C2H3Cl2FO2S/c3-2(4)1-8(5,6)7/h2H,1H2. The van der Waals surface area contributed by atoms with Crippen LogP contribution in [-0.2, 0) is 10.2 Å². The Hall–Kier alpha value is 0.460. The van der Waals surface area contributed by atoms with Gasteiger partial charge in [-0.05, 0) is 0 Å². The largest absolute Gasteiger partial charge is 0.305 e. The van der Waals surface area contributed by atoms with Gasteiger partial charge in [-0.1, -0.05) is 0 Å². The van der Waals surface area contributed by atoms with Crippen molar-refractivity contribution in [3.63, 3.8) is 0 Å². The van der Waals surface area contributed by atoms with E-state index >= 15 is 0 Å². The summed E-state index contributed by atoms with van der Waals surface area (Å²) in [5.74, 6) is -0.837. The molecule has 0 spiro atoms. The molecule has 0 rings (SSSR count). The van der Waals surface area contributed by atoms with Crippen molar-refractivity contribution in [1.82, 2.24) is 0 Å². The van der Waals surface area contributed by atoms with E-state index in [0.717, 1.165) is 0 Å². The van der Waals surface area contributed by atoms with Gasteiger partial charge >= 0.3 is 10.2 Å². The Bertz CT molecular complexity index is 151. The molecule has 0 heterocycles. The van der Waals surface area contributed by atoms with Crippen LogP contribution in [0.25, 0.3) is 0 Å². The molecular formula is C2H3Cl2FO2S. The van der Waals surface area contributed by atoms with Crippen LogP contribution in [0.4, 0.5) is 3.89 Å². The van der Waals surface area contributed by atoms with Crippen LogP contribution >= 0.6 is 23.2 Å². The summed E-state index contributed by atoms with van der Waals surface area (Å²) in [4.78, 5) is -1.18. The first-order valence-electron chi connectivity index (χ1n) is 1.62. The zero-order valence-corrected chi connectivity index (χ0v) is 5.97. The lowest BCUT2D eigenvalue weighted by atomic mass is 10.9. The molecule has 0 amide bonds. The van der Waals surface area contributed by atoms with E-state index in [1.807, 2.05) is 0 Å². The van der Waals surface area contributed by atoms with Crippen LogP contribution in [0.15, 0.2) is 0 Å². The van der Waals surface area contributed by atoms with Crippen molar-refractivity contribution < 1.29 is 12.3 Å². The second-order valence-electron chi connectivity index (χ2n) is 1.10. The third-order valence-corrected chi connectivity index (χ3v) is 1.73. The molecule has 0 fully saturated rings. The van der Waals surface area contributed by atoms with E-state index < -0.39 is 20.8 Å². The maximum atomic E-state index is 11.4. The van der Waals surface area contributed by atoms with Crippen LogP contribution in [0.2, 0.25) is 0 Å². The van der Waals surface area contributed by atoms with Gasteiger partial charge < -0.3 is 0 Å². The minimum absolute atomic E-state index is 0.837. The Morgan fingerprint density at radius 1 is 1.50 bits per heavy atom. The molecule has 50 valence electrons. The van der Waals surface area contributed by atoms with Crippen molar-refractivity contribution >= 4 is 33.4 Å². The number of alkyl halides is 2. The predicted octanol–water partition coefficient (Wildman–Crippen LogP) is 1.09. The summed E-state index contributed by atoms with van der Waals surface area (Å²) in [5.41, 5.74) is 0. The molecule has 0 radical (unpaired) electrons. The highest BCUT2D eigenvalue weighted by Crippen LogP contribution is 2.05. The molecule has 8 heavy (non-hydrogen) atoms. The van der Waals surface area contributed by atoms with Crippen molar-refractivity contribution in [3.8, 4) is 0 Å². The highest BCUT2D eigenvalue weighted by Gasteiger charge is 2.12. The minimum atomic E-state index is -4.49. The van der Waals surface area contributed by atoms with E-state index in [-0.39, 0.29) is 0 Å². The normalized spacial score (nSPS) is 12.5. The number of halogens is 3. The molecule has 0 aliphatic heterocycles. The highest BCUT2D eigenvalue weighted by molar-refractivity contribution is 7.86. The average molecular weight is 181 g/mol. The number of hydrogen-bond donors (Lipinski definition) is 0. The van der Waals surface area contributed by atoms with E-state index in [4.69, 9.17) is 23.2 Å². The Morgan fingerprint density at radius 2 is 1.88 bits per heavy atom. The maximum Gasteiger partial charge on any atom is 0.305 e. The Balaban J connectivity index is 3.75. The van der Waals surface area contributed by atoms with Gasteiger partial charge in [-0.25, -0.2) is 0 Å². The van der Waals surface area contributed by atoms with Crippen LogP contribution < -0.4 is 0 Å². The molecule has 0 aromatic heterocycles. The molecule has 0 bridgehead atoms. The fraction of sp³-hybridized carbons (Fsp3) is 1.00. The van der Waals surface area contributed by atoms with Crippen LogP contribution in [0.5, 0.6) is 0 Å². The topological polar surface area (TPSA) is 34.1 Å². The molecule has 0 saturated carbocycles. The molecule has 0 aliphatic carbocycles. The first kappa shape index (κ1) is 8.46. The molecule has 0 unspecified atom stereocenters. The van der Waals surface area contributed by atoms with Gasteiger partial charge in [0.2, 0.25) is 0 Å². The van der Waals surface area contributed by atoms with Crippen molar-refractivity contribution in [3.05, 3.63) is 0 Å². The molecule has 0 aliphatic rings. The van der Waals surface area contributed by atoms with Gasteiger partial charge in [0.05, 0.1) is 0 Å². The summed E-state index contributed by atoms with van der Waals surface area (Å²) in [6, 6.07) is 0. The molecule has 0 aromatic carbocycles. The second-order valence-corrected chi connectivity index (χ2v) is 3.78.